The van der Waals surface area contributed by atoms with E-state index in [2.05, 4.69) is 5.32 Å². The second-order valence-corrected chi connectivity index (χ2v) is 4.82. The normalized spacial score (nSPS) is 23.6. The molecular weight excluding hydrogens is 228 g/mol. The monoisotopic (exact) mass is 250 g/mol. The highest BCUT2D eigenvalue weighted by Crippen LogP contribution is 2.34. The van der Waals surface area contributed by atoms with Crippen molar-refractivity contribution in [2.45, 2.75) is 25.5 Å². The molecule has 1 aromatic rings. The molecule has 4 N–H and O–H groups in total. The van der Waals surface area contributed by atoms with Crippen molar-refractivity contribution in [1.29, 1.82) is 0 Å². The Labute approximate surface area is 108 Å². The number of phenolic OH excluding ortho intramolecular Hbond substituents is 1. The molecule has 1 fully saturated rings. The van der Waals surface area contributed by atoms with Crippen molar-refractivity contribution in [3.05, 3.63) is 29.8 Å². The lowest BCUT2D eigenvalue weighted by Gasteiger charge is -2.39. The van der Waals surface area contributed by atoms with Gasteiger partial charge in [0, 0.05) is 24.6 Å². The Balaban J connectivity index is 2.29. The van der Waals surface area contributed by atoms with Gasteiger partial charge < -0.3 is 15.2 Å². The van der Waals surface area contributed by atoms with Gasteiger partial charge in [-0.05, 0) is 38.4 Å². The molecule has 0 aromatic heterocycles. The average molecular weight is 250 g/mol. The lowest BCUT2D eigenvalue weighted by molar-refractivity contribution is -0.0904. The van der Waals surface area contributed by atoms with E-state index in [1.54, 1.807) is 12.1 Å². The van der Waals surface area contributed by atoms with Crippen LogP contribution in [0.4, 0.5) is 0 Å². The molecular formula is C14H22N2O2. The standard InChI is InChI=1S/C14H22N2O2/c1-2-18-14(15,12-6-4-8-16-10-12)11-5-3-7-13(17)9-11/h3,5,7,9,12,16-17H,2,4,6,8,10,15H2,1H3. The van der Waals surface area contributed by atoms with Crippen LogP contribution in [-0.2, 0) is 10.5 Å². The summed E-state index contributed by atoms with van der Waals surface area (Å²) in [4.78, 5) is 0. The van der Waals surface area contributed by atoms with E-state index in [4.69, 9.17) is 10.5 Å². The van der Waals surface area contributed by atoms with E-state index in [1.165, 1.54) is 0 Å². The Kier molecular flexibility index (Phi) is 4.22. The van der Waals surface area contributed by atoms with Crippen molar-refractivity contribution in [2.75, 3.05) is 19.7 Å². The van der Waals surface area contributed by atoms with Crippen molar-refractivity contribution in [1.82, 2.24) is 5.32 Å². The summed E-state index contributed by atoms with van der Waals surface area (Å²) < 4.78 is 5.84. The first-order valence-corrected chi connectivity index (χ1v) is 6.60. The Bertz CT molecular complexity index is 391. The Morgan fingerprint density at radius 1 is 1.56 bits per heavy atom. The van der Waals surface area contributed by atoms with E-state index in [-0.39, 0.29) is 11.7 Å². The fourth-order valence-corrected chi connectivity index (χ4v) is 2.64. The Hall–Kier alpha value is -1.10. The van der Waals surface area contributed by atoms with E-state index in [0.717, 1.165) is 31.5 Å². The molecule has 1 aliphatic heterocycles. The second-order valence-electron chi connectivity index (χ2n) is 4.82. The predicted molar refractivity (Wildman–Crippen MR) is 71.2 cm³/mol. The second kappa shape index (κ2) is 5.69. The van der Waals surface area contributed by atoms with Crippen LogP contribution >= 0.6 is 0 Å². The highest BCUT2D eigenvalue weighted by Gasteiger charge is 2.38. The molecule has 0 aliphatic carbocycles. The number of ether oxygens (including phenoxy) is 1. The highest BCUT2D eigenvalue weighted by molar-refractivity contribution is 5.31. The maximum atomic E-state index is 9.62. The third kappa shape index (κ3) is 2.66. The summed E-state index contributed by atoms with van der Waals surface area (Å²) in [6.07, 6.45) is 2.15. The number of nitrogens with two attached hydrogens (primary N) is 1. The van der Waals surface area contributed by atoms with Crippen LogP contribution in [0.5, 0.6) is 5.75 Å². The van der Waals surface area contributed by atoms with Gasteiger partial charge in [0.15, 0.2) is 0 Å². The first kappa shape index (κ1) is 13.3. The minimum Gasteiger partial charge on any atom is -0.508 e. The van der Waals surface area contributed by atoms with Gasteiger partial charge in [-0.3, -0.25) is 5.73 Å². The summed E-state index contributed by atoms with van der Waals surface area (Å²) in [5, 5.41) is 13.0. The Morgan fingerprint density at radius 2 is 2.39 bits per heavy atom. The maximum absolute atomic E-state index is 9.62. The van der Waals surface area contributed by atoms with E-state index in [1.807, 2.05) is 19.1 Å². The zero-order chi connectivity index (χ0) is 13.0. The number of benzene rings is 1. The van der Waals surface area contributed by atoms with Gasteiger partial charge in [0.1, 0.15) is 11.5 Å². The van der Waals surface area contributed by atoms with Crippen LogP contribution in [0, 0.1) is 5.92 Å². The van der Waals surface area contributed by atoms with Crippen molar-refractivity contribution in [3.8, 4) is 5.75 Å². The first-order valence-electron chi connectivity index (χ1n) is 6.60. The predicted octanol–water partition coefficient (Wildman–Crippen LogP) is 1.54. The topological polar surface area (TPSA) is 67.5 Å². The summed E-state index contributed by atoms with van der Waals surface area (Å²) in [5.41, 5.74) is 6.53. The number of nitrogens with one attached hydrogen (secondary N) is 1. The van der Waals surface area contributed by atoms with Gasteiger partial charge in [0.05, 0.1) is 0 Å². The van der Waals surface area contributed by atoms with Crippen molar-refractivity contribution >= 4 is 0 Å². The van der Waals surface area contributed by atoms with Gasteiger partial charge in [-0.15, -0.1) is 0 Å². The molecule has 100 valence electrons. The Morgan fingerprint density at radius 3 is 3.00 bits per heavy atom. The van der Waals surface area contributed by atoms with Crippen LogP contribution in [0.15, 0.2) is 24.3 Å². The van der Waals surface area contributed by atoms with Crippen LogP contribution < -0.4 is 11.1 Å². The summed E-state index contributed by atoms with van der Waals surface area (Å²) >= 11 is 0. The molecule has 0 radical (unpaired) electrons. The molecule has 1 aromatic carbocycles. The molecule has 0 spiro atoms. The largest absolute Gasteiger partial charge is 0.508 e. The molecule has 0 amide bonds. The minimum absolute atomic E-state index is 0.228. The summed E-state index contributed by atoms with van der Waals surface area (Å²) in [6.45, 7) is 4.40. The fraction of sp³-hybridized carbons (Fsp3) is 0.571. The molecule has 2 atom stereocenters. The number of phenols is 1. The number of hydrogen-bond donors (Lipinski definition) is 3. The van der Waals surface area contributed by atoms with E-state index in [0.29, 0.717) is 6.61 Å². The number of hydrogen-bond acceptors (Lipinski definition) is 4. The molecule has 0 bridgehead atoms. The molecule has 2 unspecified atom stereocenters. The van der Waals surface area contributed by atoms with Crippen LogP contribution in [0.25, 0.3) is 0 Å². The van der Waals surface area contributed by atoms with E-state index in [9.17, 15) is 5.11 Å². The lowest BCUT2D eigenvalue weighted by Crippen LogP contribution is -2.52. The van der Waals surface area contributed by atoms with E-state index < -0.39 is 5.72 Å². The molecule has 1 saturated heterocycles. The van der Waals surface area contributed by atoms with E-state index >= 15 is 0 Å². The van der Waals surface area contributed by atoms with Crippen molar-refractivity contribution < 1.29 is 9.84 Å². The summed E-state index contributed by atoms with van der Waals surface area (Å²) in [6, 6.07) is 7.07. The molecule has 2 rings (SSSR count). The smallest absolute Gasteiger partial charge is 0.146 e. The third-order valence-electron chi connectivity index (χ3n) is 3.58. The zero-order valence-corrected chi connectivity index (χ0v) is 10.9. The molecule has 4 heteroatoms. The van der Waals surface area contributed by atoms with Crippen molar-refractivity contribution in [2.24, 2.45) is 11.7 Å². The van der Waals surface area contributed by atoms with Crippen LogP contribution in [0.2, 0.25) is 0 Å². The molecule has 0 saturated carbocycles. The fourth-order valence-electron chi connectivity index (χ4n) is 2.64. The number of rotatable bonds is 4. The minimum atomic E-state index is -0.819. The summed E-state index contributed by atoms with van der Waals surface area (Å²) in [5.74, 6) is 0.457. The SMILES string of the molecule is CCOC(N)(c1cccc(O)c1)C1CCCNC1. The van der Waals surface area contributed by atoms with Crippen LogP contribution in [0.1, 0.15) is 25.3 Å². The third-order valence-corrected chi connectivity index (χ3v) is 3.58. The van der Waals surface area contributed by atoms with Crippen molar-refractivity contribution in [3.63, 3.8) is 0 Å². The average Bonchev–Trinajstić information content (AvgIpc) is 2.40. The van der Waals surface area contributed by atoms with Gasteiger partial charge in [-0.2, -0.15) is 0 Å². The molecule has 18 heavy (non-hydrogen) atoms. The maximum Gasteiger partial charge on any atom is 0.146 e. The van der Waals surface area contributed by atoms with Gasteiger partial charge in [0.25, 0.3) is 0 Å². The first-order chi connectivity index (χ1) is 8.66. The quantitative estimate of drug-likeness (QED) is 0.709. The van der Waals surface area contributed by atoms with Gasteiger partial charge >= 0.3 is 0 Å². The molecule has 1 heterocycles. The zero-order valence-electron chi connectivity index (χ0n) is 10.9. The number of aromatic hydroxyl groups is 1. The molecule has 4 nitrogen and oxygen atoms in total. The lowest BCUT2D eigenvalue weighted by atomic mass is 9.84. The van der Waals surface area contributed by atoms with Gasteiger partial charge in [-0.1, -0.05) is 12.1 Å². The van der Waals surface area contributed by atoms with Crippen LogP contribution in [0.3, 0.4) is 0 Å². The van der Waals surface area contributed by atoms with Gasteiger partial charge in [-0.25, -0.2) is 0 Å². The summed E-state index contributed by atoms with van der Waals surface area (Å²) in [7, 11) is 0. The van der Waals surface area contributed by atoms with Gasteiger partial charge in [0.2, 0.25) is 0 Å². The number of piperidine rings is 1. The van der Waals surface area contributed by atoms with Crippen LogP contribution in [-0.4, -0.2) is 24.8 Å². The highest BCUT2D eigenvalue weighted by atomic mass is 16.5. The molecule has 1 aliphatic rings.